The van der Waals surface area contributed by atoms with Gasteiger partial charge in [-0.15, -0.1) is 0 Å². The molecule has 0 radical (unpaired) electrons. The molecule has 110 valence electrons. The Bertz CT molecular complexity index is 497. The third kappa shape index (κ3) is 4.83. The van der Waals surface area contributed by atoms with Crippen LogP contribution in [-0.2, 0) is 23.6 Å². The molecule has 7 heteroatoms. The molecule has 1 rings (SSSR count). The van der Waals surface area contributed by atoms with Gasteiger partial charge in [0.2, 0.25) is 10.0 Å². The molecule has 5 nitrogen and oxygen atoms in total. The van der Waals surface area contributed by atoms with E-state index in [-0.39, 0.29) is 10.9 Å². The predicted molar refractivity (Wildman–Crippen MR) is 80.7 cm³/mol. The van der Waals surface area contributed by atoms with E-state index in [9.17, 15) is 8.42 Å². The number of nitrogens with zero attached hydrogens (tertiary/aromatic N) is 1. The highest BCUT2D eigenvalue weighted by Gasteiger charge is 2.19. The summed E-state index contributed by atoms with van der Waals surface area (Å²) in [4.78, 5) is 0.283. The number of rotatable bonds is 8. The van der Waals surface area contributed by atoms with E-state index in [1.165, 1.54) is 0 Å². The van der Waals surface area contributed by atoms with E-state index in [4.69, 9.17) is 5.73 Å². The molecule has 0 amide bonds. The minimum Gasteiger partial charge on any atom is -0.352 e. The van der Waals surface area contributed by atoms with E-state index in [2.05, 4.69) is 11.6 Å². The van der Waals surface area contributed by atoms with Crippen LogP contribution in [0.15, 0.2) is 17.2 Å². The summed E-state index contributed by atoms with van der Waals surface area (Å²) in [6.45, 7) is 4.31. The summed E-state index contributed by atoms with van der Waals surface area (Å²) in [5, 5.41) is 0. The van der Waals surface area contributed by atoms with Gasteiger partial charge in [-0.25, -0.2) is 13.1 Å². The molecule has 0 aromatic carbocycles. The zero-order valence-corrected chi connectivity index (χ0v) is 13.4. The van der Waals surface area contributed by atoms with E-state index < -0.39 is 10.0 Å². The van der Waals surface area contributed by atoms with Crippen molar-refractivity contribution in [2.75, 3.05) is 11.5 Å². The van der Waals surface area contributed by atoms with Crippen LogP contribution in [0, 0.1) is 0 Å². The van der Waals surface area contributed by atoms with Crippen molar-refractivity contribution in [3.8, 4) is 0 Å². The fraction of sp³-hybridized carbons (Fsp3) is 0.667. The first kappa shape index (κ1) is 16.6. The highest BCUT2D eigenvalue weighted by molar-refractivity contribution is 7.99. The van der Waals surface area contributed by atoms with Crippen molar-refractivity contribution in [2.45, 2.75) is 37.8 Å². The normalized spacial score (nSPS) is 13.7. The molecule has 1 aromatic rings. The first-order valence-corrected chi connectivity index (χ1v) is 9.00. The number of aromatic nitrogens is 1. The van der Waals surface area contributed by atoms with Gasteiger partial charge in [0.05, 0.1) is 4.90 Å². The maximum absolute atomic E-state index is 12.2. The van der Waals surface area contributed by atoms with Gasteiger partial charge in [0.15, 0.2) is 0 Å². The molecule has 0 aliphatic heterocycles. The number of nitrogens with one attached hydrogen (secondary N) is 1. The van der Waals surface area contributed by atoms with Crippen LogP contribution in [0.1, 0.15) is 26.0 Å². The van der Waals surface area contributed by atoms with Crippen LogP contribution in [0.3, 0.4) is 0 Å². The molecule has 1 heterocycles. The van der Waals surface area contributed by atoms with Crippen molar-refractivity contribution in [1.29, 1.82) is 0 Å². The van der Waals surface area contributed by atoms with Crippen molar-refractivity contribution in [3.63, 3.8) is 0 Å². The van der Waals surface area contributed by atoms with E-state index in [0.717, 1.165) is 23.6 Å². The Kier molecular flexibility index (Phi) is 6.38. The molecule has 0 bridgehead atoms. The molecule has 1 aromatic heterocycles. The van der Waals surface area contributed by atoms with Crippen molar-refractivity contribution >= 4 is 21.8 Å². The Balaban J connectivity index is 2.69. The summed E-state index contributed by atoms with van der Waals surface area (Å²) in [6.07, 6.45) is 2.42. The van der Waals surface area contributed by atoms with Crippen molar-refractivity contribution in [3.05, 3.63) is 18.0 Å². The van der Waals surface area contributed by atoms with Gasteiger partial charge in [0, 0.05) is 31.5 Å². The Morgan fingerprint density at radius 3 is 2.74 bits per heavy atom. The van der Waals surface area contributed by atoms with Crippen LogP contribution < -0.4 is 10.5 Å². The first-order valence-electron chi connectivity index (χ1n) is 6.36. The van der Waals surface area contributed by atoms with Crippen LogP contribution in [-0.4, -0.2) is 30.5 Å². The maximum Gasteiger partial charge on any atom is 0.242 e. The molecule has 0 saturated carbocycles. The monoisotopic (exact) mass is 305 g/mol. The SMILES string of the molecule is CCSCCC(C)NS(=O)(=O)c1cc(CN)n(C)c1. The Morgan fingerprint density at radius 2 is 2.21 bits per heavy atom. The molecular weight excluding hydrogens is 282 g/mol. The van der Waals surface area contributed by atoms with E-state index >= 15 is 0 Å². The number of sulfonamides is 1. The first-order chi connectivity index (χ1) is 8.90. The van der Waals surface area contributed by atoms with Crippen LogP contribution in [0.25, 0.3) is 0 Å². The van der Waals surface area contributed by atoms with E-state index in [0.29, 0.717) is 6.54 Å². The predicted octanol–water partition coefficient (Wildman–Crippen LogP) is 1.29. The quantitative estimate of drug-likeness (QED) is 0.710. The summed E-state index contributed by atoms with van der Waals surface area (Å²) in [5.74, 6) is 2.01. The summed E-state index contributed by atoms with van der Waals surface area (Å²) >= 11 is 1.81. The average Bonchev–Trinajstić information content (AvgIpc) is 2.71. The van der Waals surface area contributed by atoms with Gasteiger partial charge in [0.25, 0.3) is 0 Å². The largest absolute Gasteiger partial charge is 0.352 e. The maximum atomic E-state index is 12.2. The molecule has 0 spiro atoms. The minimum atomic E-state index is -3.44. The number of hydrogen-bond donors (Lipinski definition) is 2. The number of nitrogens with two attached hydrogens (primary N) is 1. The average molecular weight is 305 g/mol. The van der Waals surface area contributed by atoms with E-state index in [1.807, 2.05) is 18.7 Å². The summed E-state index contributed by atoms with van der Waals surface area (Å²) in [5.41, 5.74) is 6.35. The van der Waals surface area contributed by atoms with Crippen LogP contribution in [0.4, 0.5) is 0 Å². The van der Waals surface area contributed by atoms with Crippen LogP contribution >= 0.6 is 11.8 Å². The summed E-state index contributed by atoms with van der Waals surface area (Å²) < 4.78 is 28.8. The number of hydrogen-bond acceptors (Lipinski definition) is 4. The van der Waals surface area contributed by atoms with Gasteiger partial charge >= 0.3 is 0 Å². The van der Waals surface area contributed by atoms with Crippen LogP contribution in [0.2, 0.25) is 0 Å². The molecule has 3 N–H and O–H groups in total. The second-order valence-corrected chi connectivity index (χ2v) is 7.60. The molecule has 1 atom stereocenters. The molecule has 0 aliphatic rings. The molecule has 1 unspecified atom stereocenters. The lowest BCUT2D eigenvalue weighted by Crippen LogP contribution is -2.32. The summed E-state index contributed by atoms with van der Waals surface area (Å²) in [6, 6.07) is 1.56. The van der Waals surface area contributed by atoms with Crippen molar-refractivity contribution in [2.24, 2.45) is 12.8 Å². The molecule has 0 aliphatic carbocycles. The number of aryl methyl sites for hydroxylation is 1. The van der Waals surface area contributed by atoms with Gasteiger partial charge < -0.3 is 10.3 Å². The minimum absolute atomic E-state index is 0.0643. The number of thioether (sulfide) groups is 1. The highest BCUT2D eigenvalue weighted by atomic mass is 32.2. The lowest BCUT2D eigenvalue weighted by atomic mass is 10.3. The third-order valence-corrected chi connectivity index (χ3v) is 5.35. The lowest BCUT2D eigenvalue weighted by Gasteiger charge is -2.12. The summed E-state index contributed by atoms with van der Waals surface area (Å²) in [7, 11) is -1.65. The van der Waals surface area contributed by atoms with Gasteiger partial charge in [-0.05, 0) is 30.9 Å². The Labute approximate surface area is 120 Å². The van der Waals surface area contributed by atoms with Gasteiger partial charge in [-0.1, -0.05) is 6.92 Å². The smallest absolute Gasteiger partial charge is 0.242 e. The third-order valence-electron chi connectivity index (χ3n) is 2.86. The lowest BCUT2D eigenvalue weighted by molar-refractivity contribution is 0.557. The molecule has 0 saturated heterocycles. The molecule has 0 fully saturated rings. The topological polar surface area (TPSA) is 77.1 Å². The molecular formula is C12H23N3O2S2. The Morgan fingerprint density at radius 1 is 1.53 bits per heavy atom. The Hall–Kier alpha value is -0.500. The highest BCUT2D eigenvalue weighted by Crippen LogP contribution is 2.14. The molecule has 19 heavy (non-hydrogen) atoms. The second-order valence-electron chi connectivity index (χ2n) is 4.49. The van der Waals surface area contributed by atoms with Gasteiger partial charge in [-0.3, -0.25) is 0 Å². The van der Waals surface area contributed by atoms with Crippen molar-refractivity contribution in [1.82, 2.24) is 9.29 Å². The fourth-order valence-electron chi connectivity index (χ4n) is 1.72. The van der Waals surface area contributed by atoms with E-state index in [1.54, 1.807) is 23.9 Å². The second kappa shape index (κ2) is 7.33. The van der Waals surface area contributed by atoms with Crippen molar-refractivity contribution < 1.29 is 8.42 Å². The standard InChI is InChI=1S/C12H23N3O2S2/c1-4-18-6-5-10(2)14-19(16,17)12-7-11(8-13)15(3)9-12/h7,9-10,14H,4-6,8,13H2,1-3H3. The zero-order chi connectivity index (χ0) is 14.5. The van der Waals surface area contributed by atoms with Gasteiger partial charge in [0.1, 0.15) is 0 Å². The zero-order valence-electron chi connectivity index (χ0n) is 11.7. The van der Waals surface area contributed by atoms with Crippen LogP contribution in [0.5, 0.6) is 0 Å². The fourth-order valence-corrected chi connectivity index (χ4v) is 3.90. The van der Waals surface area contributed by atoms with Gasteiger partial charge in [-0.2, -0.15) is 11.8 Å².